The molecule has 29 heavy (non-hydrogen) atoms. The van der Waals surface area contributed by atoms with Crippen LogP contribution in [0.15, 0.2) is 30.6 Å². The minimum atomic E-state index is -0.205. The van der Waals surface area contributed by atoms with Crippen molar-refractivity contribution in [3.8, 4) is 0 Å². The van der Waals surface area contributed by atoms with Crippen LogP contribution >= 0.6 is 0 Å². The number of hydrogen-bond donors (Lipinski definition) is 2. The van der Waals surface area contributed by atoms with Crippen molar-refractivity contribution in [3.63, 3.8) is 0 Å². The molecule has 0 spiro atoms. The van der Waals surface area contributed by atoms with Gasteiger partial charge in [-0.2, -0.15) is 0 Å². The zero-order chi connectivity index (χ0) is 20.8. The first-order chi connectivity index (χ1) is 13.9. The summed E-state index contributed by atoms with van der Waals surface area (Å²) in [5.41, 5.74) is 1.65. The van der Waals surface area contributed by atoms with Crippen molar-refractivity contribution in [2.24, 2.45) is 5.92 Å². The molecular formula is C20H28N6O3. The summed E-state index contributed by atoms with van der Waals surface area (Å²) in [5.74, 6) is 0.164. The summed E-state index contributed by atoms with van der Waals surface area (Å²) in [5, 5.41) is 16.9. The molecule has 1 saturated heterocycles. The lowest BCUT2D eigenvalue weighted by atomic mass is 9.89. The van der Waals surface area contributed by atoms with Crippen molar-refractivity contribution in [2.45, 2.75) is 64.8 Å². The Kier molecular flexibility index (Phi) is 6.92. The van der Waals surface area contributed by atoms with Crippen LogP contribution in [0.3, 0.4) is 0 Å². The fourth-order valence-corrected chi connectivity index (χ4v) is 3.60. The number of aromatic nitrogens is 4. The van der Waals surface area contributed by atoms with Gasteiger partial charge in [0.05, 0.1) is 18.8 Å². The highest BCUT2D eigenvalue weighted by atomic mass is 16.5. The third-order valence-corrected chi connectivity index (χ3v) is 5.05. The average Bonchev–Trinajstić information content (AvgIpc) is 3.19. The molecule has 2 N–H and O–H groups in total. The number of carbonyl (C=O) groups is 2. The number of nitrogens with one attached hydrogen (secondary N) is 2. The van der Waals surface area contributed by atoms with Gasteiger partial charge in [-0.3, -0.25) is 9.59 Å². The van der Waals surface area contributed by atoms with E-state index in [0.29, 0.717) is 18.9 Å². The maximum absolute atomic E-state index is 12.4. The van der Waals surface area contributed by atoms with E-state index in [4.69, 9.17) is 4.74 Å². The number of aryl methyl sites for hydroxylation is 1. The predicted octanol–water partition coefficient (Wildman–Crippen LogP) is 2.08. The van der Waals surface area contributed by atoms with Gasteiger partial charge in [-0.25, -0.2) is 4.68 Å². The van der Waals surface area contributed by atoms with Crippen LogP contribution in [-0.2, 0) is 20.9 Å². The number of rotatable bonds is 7. The van der Waals surface area contributed by atoms with Crippen LogP contribution < -0.4 is 10.6 Å². The van der Waals surface area contributed by atoms with E-state index in [1.807, 2.05) is 24.3 Å². The van der Waals surface area contributed by atoms with Gasteiger partial charge >= 0.3 is 0 Å². The number of para-hydroxylation sites is 1. The summed E-state index contributed by atoms with van der Waals surface area (Å²) < 4.78 is 7.87. The highest BCUT2D eigenvalue weighted by Crippen LogP contribution is 2.37. The van der Waals surface area contributed by atoms with Gasteiger partial charge in [-0.15, -0.1) is 5.10 Å². The molecule has 0 bridgehead atoms. The van der Waals surface area contributed by atoms with Crippen molar-refractivity contribution in [1.82, 2.24) is 25.5 Å². The van der Waals surface area contributed by atoms with E-state index in [-0.39, 0.29) is 36.5 Å². The molecule has 3 atom stereocenters. The Morgan fingerprint density at radius 1 is 1.28 bits per heavy atom. The lowest BCUT2D eigenvalue weighted by molar-refractivity contribution is -0.123. The first kappa shape index (κ1) is 20.9. The summed E-state index contributed by atoms with van der Waals surface area (Å²) in [6, 6.07) is 7.70. The quantitative estimate of drug-likeness (QED) is 0.736. The Labute approximate surface area is 170 Å². The van der Waals surface area contributed by atoms with Crippen molar-refractivity contribution in [2.75, 3.05) is 5.32 Å². The second kappa shape index (κ2) is 9.60. The van der Waals surface area contributed by atoms with E-state index < -0.39 is 0 Å². The monoisotopic (exact) mass is 400 g/mol. The van der Waals surface area contributed by atoms with Crippen LogP contribution in [0.5, 0.6) is 0 Å². The Morgan fingerprint density at radius 2 is 2.07 bits per heavy atom. The van der Waals surface area contributed by atoms with E-state index in [1.54, 1.807) is 0 Å². The average molecular weight is 400 g/mol. The molecule has 3 rings (SSSR count). The molecule has 9 heteroatoms. The molecule has 1 aliphatic heterocycles. The van der Waals surface area contributed by atoms with Crippen LogP contribution in [-0.4, -0.2) is 44.2 Å². The first-order valence-electron chi connectivity index (χ1n) is 9.94. The molecule has 1 aliphatic rings. The van der Waals surface area contributed by atoms with Gasteiger partial charge in [-0.05, 0) is 35.3 Å². The number of tetrazole rings is 1. The zero-order valence-corrected chi connectivity index (χ0v) is 17.0. The van der Waals surface area contributed by atoms with Crippen LogP contribution in [0.2, 0.25) is 0 Å². The van der Waals surface area contributed by atoms with Crippen molar-refractivity contribution in [1.29, 1.82) is 0 Å². The van der Waals surface area contributed by atoms with E-state index in [2.05, 4.69) is 40.0 Å². The van der Waals surface area contributed by atoms with E-state index in [0.717, 1.165) is 17.7 Å². The summed E-state index contributed by atoms with van der Waals surface area (Å²) in [7, 11) is 0. The molecule has 2 heterocycles. The highest BCUT2D eigenvalue weighted by molar-refractivity contribution is 5.91. The molecule has 2 aromatic rings. The number of benzene rings is 1. The normalized spacial score (nSPS) is 21.7. The van der Waals surface area contributed by atoms with Crippen LogP contribution in [0.4, 0.5) is 5.69 Å². The van der Waals surface area contributed by atoms with Gasteiger partial charge in [0.2, 0.25) is 11.8 Å². The number of hydrogen-bond acceptors (Lipinski definition) is 6. The van der Waals surface area contributed by atoms with Crippen LogP contribution in [0, 0.1) is 5.92 Å². The Bertz CT molecular complexity index is 823. The lowest BCUT2D eigenvalue weighted by Gasteiger charge is -2.38. The predicted molar refractivity (Wildman–Crippen MR) is 107 cm³/mol. The minimum Gasteiger partial charge on any atom is -0.370 e. The van der Waals surface area contributed by atoms with E-state index in [9.17, 15) is 9.59 Å². The van der Waals surface area contributed by atoms with Gasteiger partial charge in [0, 0.05) is 30.6 Å². The van der Waals surface area contributed by atoms with Gasteiger partial charge in [-0.1, -0.05) is 32.0 Å². The minimum absolute atomic E-state index is 0.0363. The number of carbonyl (C=O) groups excluding carboxylic acids is 2. The molecule has 1 aromatic carbocycles. The number of nitrogens with zero attached hydrogens (tertiary/aromatic N) is 4. The Morgan fingerprint density at radius 3 is 2.76 bits per heavy atom. The molecule has 0 saturated carbocycles. The summed E-state index contributed by atoms with van der Waals surface area (Å²) in [4.78, 5) is 24.0. The summed E-state index contributed by atoms with van der Waals surface area (Å²) >= 11 is 0. The van der Waals surface area contributed by atoms with Gasteiger partial charge < -0.3 is 15.4 Å². The molecule has 0 aliphatic carbocycles. The lowest BCUT2D eigenvalue weighted by Crippen LogP contribution is -2.43. The maximum Gasteiger partial charge on any atom is 0.226 e. The van der Waals surface area contributed by atoms with Gasteiger partial charge in [0.1, 0.15) is 6.33 Å². The molecule has 1 fully saturated rings. The van der Waals surface area contributed by atoms with Crippen LogP contribution in [0.1, 0.15) is 51.7 Å². The standard InChI is InChI=1S/C20H28N6O3/c1-13(2)18-10-15(22-14(3)27)11-19(29-18)16-6-4-5-7-17(16)23-20(28)8-9-26-12-21-24-25-26/h4-7,12-13,15,18-19H,8-11H2,1-3H3,(H,22,27)(H,23,28)/t15-,18-,19+/m1/s1. The smallest absolute Gasteiger partial charge is 0.226 e. The first-order valence-corrected chi connectivity index (χ1v) is 9.94. The molecule has 1 aromatic heterocycles. The number of amides is 2. The molecular weight excluding hydrogens is 372 g/mol. The van der Waals surface area contributed by atoms with Crippen molar-refractivity contribution >= 4 is 17.5 Å². The molecule has 2 amide bonds. The zero-order valence-electron chi connectivity index (χ0n) is 17.0. The summed E-state index contributed by atoms with van der Waals surface area (Å²) in [6.45, 7) is 6.17. The molecule has 0 unspecified atom stereocenters. The maximum atomic E-state index is 12.4. The van der Waals surface area contributed by atoms with Crippen LogP contribution in [0.25, 0.3) is 0 Å². The Balaban J connectivity index is 1.71. The van der Waals surface area contributed by atoms with E-state index >= 15 is 0 Å². The topological polar surface area (TPSA) is 111 Å². The molecule has 156 valence electrons. The van der Waals surface area contributed by atoms with E-state index in [1.165, 1.54) is 17.9 Å². The van der Waals surface area contributed by atoms with Gasteiger partial charge in [0.15, 0.2) is 0 Å². The number of anilines is 1. The summed E-state index contributed by atoms with van der Waals surface area (Å²) in [6.07, 6.45) is 3.02. The largest absolute Gasteiger partial charge is 0.370 e. The van der Waals surface area contributed by atoms with Crippen molar-refractivity contribution in [3.05, 3.63) is 36.2 Å². The second-order valence-corrected chi connectivity index (χ2v) is 7.73. The van der Waals surface area contributed by atoms with Crippen molar-refractivity contribution < 1.29 is 14.3 Å². The third-order valence-electron chi connectivity index (χ3n) is 5.05. The molecule has 9 nitrogen and oxygen atoms in total. The fourth-order valence-electron chi connectivity index (χ4n) is 3.60. The van der Waals surface area contributed by atoms with Gasteiger partial charge in [0.25, 0.3) is 0 Å². The number of ether oxygens (including phenoxy) is 1. The highest BCUT2D eigenvalue weighted by Gasteiger charge is 2.33. The second-order valence-electron chi connectivity index (χ2n) is 7.73. The third kappa shape index (κ3) is 5.83. The Hall–Kier alpha value is -2.81. The fraction of sp³-hybridized carbons (Fsp3) is 0.550. The molecule has 0 radical (unpaired) electrons. The SMILES string of the molecule is CC(=O)N[C@H]1C[C@@H](c2ccccc2NC(=O)CCn2cnnn2)O[C@@H](C(C)C)C1.